The number of fused-ring (bicyclic) bond motifs is 3. The van der Waals surface area contributed by atoms with Gasteiger partial charge in [-0.25, -0.2) is 0 Å². The van der Waals surface area contributed by atoms with E-state index in [1.807, 2.05) is 0 Å². The monoisotopic (exact) mass is 202 g/mol. The second kappa shape index (κ2) is 2.92. The molecular formula is C12H12NO2. The molecule has 0 spiro atoms. The minimum Gasteiger partial charge on any atom is -0.504 e. The molecule has 1 aromatic heterocycles. The number of hydrogen-bond acceptors (Lipinski definition) is 2. The van der Waals surface area contributed by atoms with Crippen molar-refractivity contribution in [2.24, 2.45) is 0 Å². The van der Waals surface area contributed by atoms with E-state index >= 15 is 0 Å². The molecular weight excluding hydrogens is 190 g/mol. The van der Waals surface area contributed by atoms with Gasteiger partial charge in [0.05, 0.1) is 0 Å². The molecule has 0 saturated heterocycles. The van der Waals surface area contributed by atoms with Crippen molar-refractivity contribution in [2.75, 3.05) is 0 Å². The Bertz CT molecular complexity index is 528. The molecule has 1 radical (unpaired) electrons. The molecule has 3 rings (SSSR count). The molecule has 2 aromatic rings. The Kier molecular flexibility index (Phi) is 1.69. The SMILES string of the molecule is Oc1cc2[nH]c3c(c2cc1O)C[CH]CC3. The van der Waals surface area contributed by atoms with Crippen LogP contribution >= 0.6 is 0 Å². The van der Waals surface area contributed by atoms with Crippen molar-refractivity contribution < 1.29 is 10.2 Å². The summed E-state index contributed by atoms with van der Waals surface area (Å²) in [5.41, 5.74) is 3.40. The number of phenolic OH excluding ortho intramolecular Hbond substituents is 2. The van der Waals surface area contributed by atoms with Crippen molar-refractivity contribution in [1.29, 1.82) is 0 Å². The minimum atomic E-state index is -0.0647. The number of hydrogen-bond donors (Lipinski definition) is 3. The lowest BCUT2D eigenvalue weighted by atomic mass is 9.95. The molecule has 0 atom stereocenters. The van der Waals surface area contributed by atoms with Crippen molar-refractivity contribution in [3.8, 4) is 11.5 Å². The van der Waals surface area contributed by atoms with Gasteiger partial charge in [0.15, 0.2) is 11.5 Å². The third-order valence-corrected chi connectivity index (χ3v) is 3.04. The zero-order valence-corrected chi connectivity index (χ0v) is 8.25. The predicted octanol–water partition coefficient (Wildman–Crippen LogP) is 2.27. The number of nitrogens with one attached hydrogen (secondary N) is 1. The number of aromatic hydroxyl groups is 2. The van der Waals surface area contributed by atoms with Gasteiger partial charge in [-0.2, -0.15) is 0 Å². The molecule has 15 heavy (non-hydrogen) atoms. The molecule has 1 aliphatic carbocycles. The Morgan fingerprint density at radius 3 is 2.80 bits per heavy atom. The van der Waals surface area contributed by atoms with Gasteiger partial charge in [-0.1, -0.05) is 0 Å². The number of rotatable bonds is 0. The van der Waals surface area contributed by atoms with Gasteiger partial charge in [0, 0.05) is 22.7 Å². The Balaban J connectivity index is 2.33. The van der Waals surface area contributed by atoms with Gasteiger partial charge in [0.2, 0.25) is 0 Å². The lowest BCUT2D eigenvalue weighted by Gasteiger charge is -2.10. The smallest absolute Gasteiger partial charge is 0.159 e. The van der Waals surface area contributed by atoms with E-state index in [4.69, 9.17) is 0 Å². The normalized spacial score (nSPS) is 15.5. The van der Waals surface area contributed by atoms with Crippen LogP contribution in [0.15, 0.2) is 12.1 Å². The fourth-order valence-corrected chi connectivity index (χ4v) is 2.27. The Morgan fingerprint density at radius 1 is 1.13 bits per heavy atom. The van der Waals surface area contributed by atoms with E-state index < -0.39 is 0 Å². The predicted molar refractivity (Wildman–Crippen MR) is 58.0 cm³/mol. The molecule has 1 aromatic carbocycles. The van der Waals surface area contributed by atoms with Crippen LogP contribution in [0.2, 0.25) is 0 Å². The summed E-state index contributed by atoms with van der Waals surface area (Å²) in [6, 6.07) is 3.22. The Morgan fingerprint density at radius 2 is 1.93 bits per heavy atom. The Labute approximate surface area is 87.4 Å². The van der Waals surface area contributed by atoms with E-state index in [0.717, 1.165) is 30.2 Å². The molecule has 1 heterocycles. The fraction of sp³-hybridized carbons (Fsp3) is 0.250. The first-order valence-electron chi connectivity index (χ1n) is 5.13. The summed E-state index contributed by atoms with van der Waals surface area (Å²) in [4.78, 5) is 3.29. The van der Waals surface area contributed by atoms with Crippen LogP contribution < -0.4 is 0 Å². The van der Waals surface area contributed by atoms with Crippen molar-refractivity contribution in [3.05, 3.63) is 29.8 Å². The highest BCUT2D eigenvalue weighted by molar-refractivity contribution is 5.88. The molecule has 77 valence electrons. The van der Waals surface area contributed by atoms with Gasteiger partial charge < -0.3 is 15.2 Å². The largest absolute Gasteiger partial charge is 0.504 e. The van der Waals surface area contributed by atoms with Crippen molar-refractivity contribution in [2.45, 2.75) is 19.3 Å². The molecule has 3 heteroatoms. The molecule has 0 fully saturated rings. The molecule has 3 N–H and O–H groups in total. The molecule has 0 aliphatic heterocycles. The standard InChI is InChI=1S/C12H12NO2/c14-11-5-8-7-3-1-2-4-9(7)13-10(8)6-12(11)15/h1,5-6,13-15H,2-4H2. The maximum atomic E-state index is 9.46. The van der Waals surface area contributed by atoms with Crippen LogP contribution in [0.25, 0.3) is 10.9 Å². The van der Waals surface area contributed by atoms with E-state index in [1.54, 1.807) is 12.1 Å². The molecule has 1 aliphatic rings. The van der Waals surface area contributed by atoms with Crippen LogP contribution in [0.3, 0.4) is 0 Å². The first kappa shape index (κ1) is 8.65. The third-order valence-electron chi connectivity index (χ3n) is 3.04. The van der Waals surface area contributed by atoms with Crippen molar-refractivity contribution >= 4 is 10.9 Å². The van der Waals surface area contributed by atoms with Gasteiger partial charge in [-0.05, 0) is 37.3 Å². The van der Waals surface area contributed by atoms with Crippen LogP contribution in [-0.4, -0.2) is 15.2 Å². The zero-order valence-electron chi connectivity index (χ0n) is 8.25. The van der Waals surface area contributed by atoms with Gasteiger partial charge in [0.1, 0.15) is 0 Å². The van der Waals surface area contributed by atoms with E-state index in [9.17, 15) is 10.2 Å². The molecule has 3 nitrogen and oxygen atoms in total. The van der Waals surface area contributed by atoms with Crippen LogP contribution in [0.5, 0.6) is 11.5 Å². The number of aromatic nitrogens is 1. The molecule has 0 unspecified atom stereocenters. The number of aromatic amines is 1. The summed E-state index contributed by atoms with van der Waals surface area (Å²) < 4.78 is 0. The average Bonchev–Trinajstić information content (AvgIpc) is 2.57. The van der Waals surface area contributed by atoms with Crippen LogP contribution in [0.1, 0.15) is 17.7 Å². The van der Waals surface area contributed by atoms with Crippen LogP contribution in [0.4, 0.5) is 0 Å². The summed E-state index contributed by atoms with van der Waals surface area (Å²) in [6.07, 6.45) is 5.31. The number of phenols is 2. The maximum Gasteiger partial charge on any atom is 0.159 e. The summed E-state index contributed by atoms with van der Waals surface area (Å²) in [5, 5.41) is 19.9. The fourth-order valence-electron chi connectivity index (χ4n) is 2.27. The highest BCUT2D eigenvalue weighted by Gasteiger charge is 2.16. The van der Waals surface area contributed by atoms with E-state index in [0.29, 0.717) is 0 Å². The quantitative estimate of drug-likeness (QED) is 0.574. The average molecular weight is 202 g/mol. The van der Waals surface area contributed by atoms with Crippen molar-refractivity contribution in [3.63, 3.8) is 0 Å². The van der Waals surface area contributed by atoms with Crippen LogP contribution in [0, 0.1) is 6.42 Å². The second-order valence-electron chi connectivity index (χ2n) is 4.00. The highest BCUT2D eigenvalue weighted by Crippen LogP contribution is 2.35. The van der Waals surface area contributed by atoms with E-state index in [1.165, 1.54) is 11.3 Å². The molecule has 0 saturated carbocycles. The lowest BCUT2D eigenvalue weighted by Crippen LogP contribution is -2.00. The summed E-state index contributed by atoms with van der Waals surface area (Å²) in [5.74, 6) is -0.111. The van der Waals surface area contributed by atoms with Gasteiger partial charge in [-0.15, -0.1) is 0 Å². The van der Waals surface area contributed by atoms with Gasteiger partial charge >= 0.3 is 0 Å². The number of aryl methyl sites for hydroxylation is 1. The van der Waals surface area contributed by atoms with Gasteiger partial charge in [-0.3, -0.25) is 0 Å². The van der Waals surface area contributed by atoms with Crippen LogP contribution in [-0.2, 0) is 12.8 Å². The third kappa shape index (κ3) is 1.19. The summed E-state index contributed by atoms with van der Waals surface area (Å²) in [6.45, 7) is 0. The van der Waals surface area contributed by atoms with Gasteiger partial charge in [0.25, 0.3) is 0 Å². The zero-order chi connectivity index (χ0) is 10.4. The molecule has 0 bridgehead atoms. The highest BCUT2D eigenvalue weighted by atomic mass is 16.3. The first-order valence-corrected chi connectivity index (χ1v) is 5.13. The Hall–Kier alpha value is -1.64. The first-order chi connectivity index (χ1) is 7.25. The van der Waals surface area contributed by atoms with Crippen molar-refractivity contribution in [1.82, 2.24) is 4.98 Å². The summed E-state index contributed by atoms with van der Waals surface area (Å²) >= 11 is 0. The van der Waals surface area contributed by atoms with E-state index in [2.05, 4.69) is 11.4 Å². The lowest BCUT2D eigenvalue weighted by molar-refractivity contribution is 0.405. The summed E-state index contributed by atoms with van der Waals surface area (Å²) in [7, 11) is 0. The number of H-pyrrole nitrogens is 1. The number of benzene rings is 1. The van der Waals surface area contributed by atoms with E-state index in [-0.39, 0.29) is 11.5 Å². The maximum absolute atomic E-state index is 9.46. The topological polar surface area (TPSA) is 56.2 Å². The minimum absolute atomic E-state index is 0.0464. The second-order valence-corrected chi connectivity index (χ2v) is 4.00. The molecule has 0 amide bonds.